The van der Waals surface area contributed by atoms with Gasteiger partial charge in [0.05, 0.1) is 15.8 Å². The molecule has 1 rings (SSSR count). The standard InChI is InChI=1S/C21H31N3O5S/c1-6-12-29-21(27)19(15(4)5)23-17(25)13-30(28,16-10-8-7-9-11-16)24-20(26)18(22)14(2)3/h6-11,14-15,18-19H,1,12-13,22H2,2-5H3,(H,23,25)/t18-,19-,30?/m0/s1. The van der Waals surface area contributed by atoms with Crippen LogP contribution in [0, 0.1) is 11.8 Å². The van der Waals surface area contributed by atoms with Crippen LogP contribution in [0.25, 0.3) is 0 Å². The molecular weight excluding hydrogens is 406 g/mol. The third-order valence-electron chi connectivity index (χ3n) is 4.26. The molecule has 30 heavy (non-hydrogen) atoms. The molecule has 1 aromatic carbocycles. The van der Waals surface area contributed by atoms with Gasteiger partial charge in [-0.3, -0.25) is 9.59 Å². The summed E-state index contributed by atoms with van der Waals surface area (Å²) in [7, 11) is -3.44. The Hall–Kier alpha value is -2.52. The van der Waals surface area contributed by atoms with Crippen LogP contribution in [0.5, 0.6) is 0 Å². The number of carbonyl (C=O) groups is 3. The summed E-state index contributed by atoms with van der Waals surface area (Å²) in [4.78, 5) is 37.6. The minimum Gasteiger partial charge on any atom is -0.460 e. The first-order valence-corrected chi connectivity index (χ1v) is 11.4. The topological polar surface area (TPSA) is 128 Å². The normalized spacial score (nSPS) is 15.0. The van der Waals surface area contributed by atoms with E-state index in [0.29, 0.717) is 0 Å². The fourth-order valence-corrected chi connectivity index (χ4v) is 4.18. The molecule has 0 aliphatic carbocycles. The quantitative estimate of drug-likeness (QED) is 0.425. The lowest BCUT2D eigenvalue weighted by Gasteiger charge is -2.21. The first-order chi connectivity index (χ1) is 14.0. The van der Waals surface area contributed by atoms with Gasteiger partial charge in [-0.05, 0) is 24.0 Å². The molecule has 3 atom stereocenters. The van der Waals surface area contributed by atoms with Crippen LogP contribution in [0.1, 0.15) is 27.7 Å². The Morgan fingerprint density at radius 2 is 1.77 bits per heavy atom. The molecule has 2 amide bonds. The first-order valence-electron chi connectivity index (χ1n) is 9.68. The summed E-state index contributed by atoms with van der Waals surface area (Å²) in [6.45, 7) is 10.5. The second kappa shape index (κ2) is 11.6. The predicted molar refractivity (Wildman–Crippen MR) is 116 cm³/mol. The molecule has 1 aromatic rings. The Bertz CT molecular complexity index is 874. The summed E-state index contributed by atoms with van der Waals surface area (Å²) in [5, 5.41) is 2.55. The Balaban J connectivity index is 3.20. The van der Waals surface area contributed by atoms with Crippen molar-refractivity contribution >= 4 is 27.5 Å². The minimum atomic E-state index is -3.44. The van der Waals surface area contributed by atoms with Crippen LogP contribution in [-0.4, -0.2) is 46.4 Å². The molecule has 0 aromatic heterocycles. The molecular formula is C21H31N3O5S. The lowest BCUT2D eigenvalue weighted by molar-refractivity contribution is -0.147. The third kappa shape index (κ3) is 7.38. The van der Waals surface area contributed by atoms with Gasteiger partial charge in [-0.25, -0.2) is 9.00 Å². The lowest BCUT2D eigenvalue weighted by Crippen LogP contribution is -2.47. The van der Waals surface area contributed by atoms with Crippen molar-refractivity contribution in [2.45, 2.75) is 44.7 Å². The van der Waals surface area contributed by atoms with E-state index in [2.05, 4.69) is 16.3 Å². The average Bonchev–Trinajstić information content (AvgIpc) is 2.69. The zero-order valence-corrected chi connectivity index (χ0v) is 18.7. The molecule has 166 valence electrons. The van der Waals surface area contributed by atoms with Crippen molar-refractivity contribution in [2.75, 3.05) is 12.4 Å². The largest absolute Gasteiger partial charge is 0.460 e. The predicted octanol–water partition coefficient (Wildman–Crippen LogP) is 1.89. The highest BCUT2D eigenvalue weighted by molar-refractivity contribution is 7.94. The maximum atomic E-state index is 13.6. The van der Waals surface area contributed by atoms with Crippen molar-refractivity contribution in [1.82, 2.24) is 5.32 Å². The molecule has 0 fully saturated rings. The van der Waals surface area contributed by atoms with Crippen molar-refractivity contribution < 1.29 is 23.3 Å². The molecule has 8 nitrogen and oxygen atoms in total. The summed E-state index contributed by atoms with van der Waals surface area (Å²) in [5.41, 5.74) is 5.84. The number of esters is 1. The molecule has 0 heterocycles. The Morgan fingerprint density at radius 1 is 1.17 bits per heavy atom. The van der Waals surface area contributed by atoms with E-state index in [1.165, 1.54) is 18.2 Å². The van der Waals surface area contributed by atoms with Crippen LogP contribution in [0.15, 0.2) is 52.2 Å². The van der Waals surface area contributed by atoms with Crippen molar-refractivity contribution in [3.63, 3.8) is 0 Å². The SMILES string of the molecule is C=CCOC(=O)[C@@H](NC(=O)CS(=O)(=NC(=O)[C@@H](N)C(C)C)c1ccccc1)C(C)C. The number of carbonyl (C=O) groups excluding carboxylic acids is 3. The number of rotatable bonds is 10. The van der Waals surface area contributed by atoms with Gasteiger partial charge in [-0.1, -0.05) is 58.5 Å². The lowest BCUT2D eigenvalue weighted by atomic mass is 10.0. The highest BCUT2D eigenvalue weighted by Crippen LogP contribution is 2.16. The van der Waals surface area contributed by atoms with Crippen LogP contribution >= 0.6 is 0 Å². The van der Waals surface area contributed by atoms with Gasteiger partial charge in [-0.15, -0.1) is 0 Å². The summed E-state index contributed by atoms with van der Waals surface area (Å²) >= 11 is 0. The second-order valence-corrected chi connectivity index (χ2v) is 9.73. The molecule has 0 radical (unpaired) electrons. The number of amides is 2. The van der Waals surface area contributed by atoms with E-state index in [4.69, 9.17) is 10.5 Å². The van der Waals surface area contributed by atoms with Crippen molar-refractivity contribution in [1.29, 1.82) is 0 Å². The number of ether oxygens (including phenoxy) is 1. The Kier molecular flexibility index (Phi) is 9.88. The van der Waals surface area contributed by atoms with Gasteiger partial charge in [0.25, 0.3) is 5.91 Å². The van der Waals surface area contributed by atoms with E-state index in [1.54, 1.807) is 45.9 Å². The van der Waals surface area contributed by atoms with Gasteiger partial charge in [0.15, 0.2) is 0 Å². The fraction of sp³-hybridized carbons (Fsp3) is 0.476. The van der Waals surface area contributed by atoms with E-state index in [1.807, 2.05) is 0 Å². The van der Waals surface area contributed by atoms with Crippen LogP contribution in [0.4, 0.5) is 0 Å². The average molecular weight is 438 g/mol. The maximum Gasteiger partial charge on any atom is 0.329 e. The van der Waals surface area contributed by atoms with Crippen molar-refractivity contribution in [2.24, 2.45) is 21.9 Å². The molecule has 0 saturated carbocycles. The van der Waals surface area contributed by atoms with Crippen LogP contribution in [-0.2, 0) is 28.8 Å². The maximum absolute atomic E-state index is 13.6. The van der Waals surface area contributed by atoms with E-state index in [9.17, 15) is 18.6 Å². The van der Waals surface area contributed by atoms with Crippen LogP contribution < -0.4 is 11.1 Å². The number of nitrogens with two attached hydrogens (primary N) is 1. The van der Waals surface area contributed by atoms with Crippen LogP contribution in [0.2, 0.25) is 0 Å². The van der Waals surface area contributed by atoms with Gasteiger partial charge in [0.1, 0.15) is 18.4 Å². The first kappa shape index (κ1) is 25.5. The number of hydrogen-bond acceptors (Lipinski definition) is 6. The number of hydrogen-bond donors (Lipinski definition) is 2. The van der Waals surface area contributed by atoms with E-state index in [-0.39, 0.29) is 23.3 Å². The number of benzene rings is 1. The molecule has 0 aliphatic rings. The molecule has 0 spiro atoms. The highest BCUT2D eigenvalue weighted by Gasteiger charge is 2.29. The second-order valence-electron chi connectivity index (χ2n) is 7.51. The summed E-state index contributed by atoms with van der Waals surface area (Å²) in [6, 6.07) is 6.19. The van der Waals surface area contributed by atoms with Gasteiger partial charge in [0.2, 0.25) is 5.91 Å². The fourth-order valence-electron chi connectivity index (χ4n) is 2.41. The number of nitrogens with one attached hydrogen (secondary N) is 1. The monoisotopic (exact) mass is 437 g/mol. The summed E-state index contributed by atoms with van der Waals surface area (Å²) in [5.74, 6) is -3.12. The minimum absolute atomic E-state index is 0.00953. The van der Waals surface area contributed by atoms with E-state index >= 15 is 0 Å². The Labute approximate surface area is 178 Å². The van der Waals surface area contributed by atoms with E-state index in [0.717, 1.165) is 0 Å². The zero-order chi connectivity index (χ0) is 22.9. The Morgan fingerprint density at radius 3 is 2.27 bits per heavy atom. The summed E-state index contributed by atoms with van der Waals surface area (Å²) < 4.78 is 22.5. The molecule has 0 aliphatic heterocycles. The van der Waals surface area contributed by atoms with Gasteiger partial charge in [-0.2, -0.15) is 4.36 Å². The number of nitrogens with zero attached hydrogens (tertiary/aromatic N) is 1. The summed E-state index contributed by atoms with van der Waals surface area (Å²) in [6.07, 6.45) is 1.42. The van der Waals surface area contributed by atoms with Crippen molar-refractivity contribution in [3.05, 3.63) is 43.0 Å². The van der Waals surface area contributed by atoms with Crippen LogP contribution in [0.3, 0.4) is 0 Å². The van der Waals surface area contributed by atoms with Gasteiger partial charge >= 0.3 is 5.97 Å². The smallest absolute Gasteiger partial charge is 0.329 e. The molecule has 9 heteroatoms. The van der Waals surface area contributed by atoms with Gasteiger partial charge in [0, 0.05) is 4.90 Å². The molecule has 3 N–H and O–H groups in total. The molecule has 0 saturated heterocycles. The highest BCUT2D eigenvalue weighted by atomic mass is 32.2. The molecule has 0 bridgehead atoms. The zero-order valence-electron chi connectivity index (χ0n) is 17.9. The van der Waals surface area contributed by atoms with Gasteiger partial charge < -0.3 is 15.8 Å². The van der Waals surface area contributed by atoms with E-state index < -0.39 is 45.3 Å². The third-order valence-corrected chi connectivity index (χ3v) is 6.40. The molecule has 1 unspecified atom stereocenters. The van der Waals surface area contributed by atoms with Crippen molar-refractivity contribution in [3.8, 4) is 0 Å².